The Kier molecular flexibility index (Phi) is 4.36. The molecule has 1 aromatic carbocycles. The molecule has 0 radical (unpaired) electrons. The zero-order valence-electron chi connectivity index (χ0n) is 11.8. The van der Waals surface area contributed by atoms with Gasteiger partial charge in [-0.2, -0.15) is 0 Å². The first-order chi connectivity index (χ1) is 10.2. The van der Waals surface area contributed by atoms with Crippen molar-refractivity contribution in [1.82, 2.24) is 5.32 Å². The second kappa shape index (κ2) is 6.41. The fourth-order valence-corrected chi connectivity index (χ4v) is 3.86. The second-order valence-corrected chi connectivity index (χ2v) is 6.46. The number of carboxylic acids is 1. The molecule has 1 heterocycles. The summed E-state index contributed by atoms with van der Waals surface area (Å²) in [6.45, 7) is 0. The molecule has 2 N–H and O–H groups in total. The fraction of sp³-hybridized carbons (Fsp3) is 0.353. The van der Waals surface area contributed by atoms with E-state index in [1.165, 1.54) is 11.1 Å². The van der Waals surface area contributed by atoms with Gasteiger partial charge in [-0.25, -0.2) is 0 Å². The Bertz CT molecular complexity index is 609. The van der Waals surface area contributed by atoms with E-state index in [4.69, 9.17) is 0 Å². The number of aliphatic carboxylic acids is 1. The molecule has 21 heavy (non-hydrogen) atoms. The van der Waals surface area contributed by atoms with E-state index in [1.807, 2.05) is 17.5 Å². The normalized spacial score (nSPS) is 19.0. The Morgan fingerprint density at radius 1 is 1.33 bits per heavy atom. The van der Waals surface area contributed by atoms with Gasteiger partial charge in [0, 0.05) is 10.9 Å². The summed E-state index contributed by atoms with van der Waals surface area (Å²) in [6, 6.07) is 12.6. The summed E-state index contributed by atoms with van der Waals surface area (Å²) < 4.78 is 0. The van der Waals surface area contributed by atoms with Crippen LogP contribution >= 0.6 is 11.3 Å². The number of carbonyl (C=O) groups is 1. The smallest absolute Gasteiger partial charge is 0.305 e. The largest absolute Gasteiger partial charge is 0.481 e. The molecule has 0 bridgehead atoms. The SMILES string of the molecule is O=C(O)CC(NC1CCCc2ccccc21)c1cccs1. The van der Waals surface area contributed by atoms with Gasteiger partial charge < -0.3 is 10.4 Å². The zero-order valence-corrected chi connectivity index (χ0v) is 12.6. The summed E-state index contributed by atoms with van der Waals surface area (Å²) in [5, 5.41) is 14.7. The van der Waals surface area contributed by atoms with Crippen molar-refractivity contribution in [2.45, 2.75) is 37.8 Å². The molecule has 0 fully saturated rings. The minimum Gasteiger partial charge on any atom is -0.481 e. The molecule has 2 atom stereocenters. The maximum Gasteiger partial charge on any atom is 0.305 e. The summed E-state index contributed by atoms with van der Waals surface area (Å²) in [4.78, 5) is 12.3. The molecule has 2 aromatic rings. The van der Waals surface area contributed by atoms with Crippen LogP contribution in [0.1, 0.15) is 47.4 Å². The van der Waals surface area contributed by atoms with Gasteiger partial charge in [0.15, 0.2) is 0 Å². The highest BCUT2D eigenvalue weighted by atomic mass is 32.1. The van der Waals surface area contributed by atoms with Crippen molar-refractivity contribution in [2.75, 3.05) is 0 Å². The highest BCUT2D eigenvalue weighted by Crippen LogP contribution is 2.33. The first kappa shape index (κ1) is 14.3. The minimum atomic E-state index is -0.759. The van der Waals surface area contributed by atoms with Crippen molar-refractivity contribution in [3.8, 4) is 0 Å². The van der Waals surface area contributed by atoms with Crippen LogP contribution in [0.5, 0.6) is 0 Å². The van der Waals surface area contributed by atoms with Gasteiger partial charge in [-0.15, -0.1) is 11.3 Å². The maximum atomic E-state index is 11.2. The molecule has 3 rings (SSSR count). The third-order valence-corrected chi connectivity index (χ3v) is 5.02. The van der Waals surface area contributed by atoms with Crippen molar-refractivity contribution in [3.05, 3.63) is 57.8 Å². The Morgan fingerprint density at radius 2 is 2.19 bits per heavy atom. The lowest BCUT2D eigenvalue weighted by Crippen LogP contribution is -2.30. The molecule has 0 saturated heterocycles. The molecule has 0 spiro atoms. The van der Waals surface area contributed by atoms with Gasteiger partial charge in [-0.1, -0.05) is 30.3 Å². The van der Waals surface area contributed by atoms with Gasteiger partial charge in [0.25, 0.3) is 0 Å². The lowest BCUT2D eigenvalue weighted by Gasteiger charge is -2.30. The number of thiophene rings is 1. The average molecular weight is 301 g/mol. The van der Waals surface area contributed by atoms with Crippen LogP contribution in [0.25, 0.3) is 0 Å². The molecule has 1 aromatic heterocycles. The van der Waals surface area contributed by atoms with Crippen molar-refractivity contribution >= 4 is 17.3 Å². The van der Waals surface area contributed by atoms with Crippen LogP contribution in [-0.2, 0) is 11.2 Å². The van der Waals surface area contributed by atoms with E-state index in [9.17, 15) is 9.90 Å². The van der Waals surface area contributed by atoms with Gasteiger partial charge >= 0.3 is 5.97 Å². The number of hydrogen-bond acceptors (Lipinski definition) is 3. The van der Waals surface area contributed by atoms with Crippen molar-refractivity contribution in [3.63, 3.8) is 0 Å². The van der Waals surface area contributed by atoms with E-state index >= 15 is 0 Å². The minimum absolute atomic E-state index is 0.112. The molecule has 4 heteroatoms. The number of aryl methyl sites for hydroxylation is 1. The monoisotopic (exact) mass is 301 g/mol. The molecule has 0 amide bonds. The third-order valence-electron chi connectivity index (χ3n) is 4.04. The number of nitrogens with one attached hydrogen (secondary N) is 1. The standard InChI is InChI=1S/C17H19NO2S/c19-17(20)11-15(16-9-4-10-21-16)18-14-8-3-6-12-5-1-2-7-13(12)14/h1-2,4-5,7,9-10,14-15,18H,3,6,8,11H2,(H,19,20). The summed E-state index contributed by atoms with van der Waals surface area (Å²) in [7, 11) is 0. The van der Waals surface area contributed by atoms with Crippen LogP contribution in [0, 0.1) is 0 Å². The third kappa shape index (κ3) is 3.34. The number of rotatable bonds is 5. The van der Waals surface area contributed by atoms with Crippen molar-refractivity contribution in [1.29, 1.82) is 0 Å². The predicted molar refractivity (Wildman–Crippen MR) is 84.6 cm³/mol. The Hall–Kier alpha value is -1.65. The molecule has 3 nitrogen and oxygen atoms in total. The van der Waals surface area contributed by atoms with Crippen LogP contribution in [0.3, 0.4) is 0 Å². The Balaban J connectivity index is 1.82. The number of fused-ring (bicyclic) bond motifs is 1. The van der Waals surface area contributed by atoms with E-state index in [1.54, 1.807) is 11.3 Å². The van der Waals surface area contributed by atoms with E-state index in [0.717, 1.165) is 24.1 Å². The van der Waals surface area contributed by atoms with E-state index < -0.39 is 5.97 Å². The van der Waals surface area contributed by atoms with Crippen molar-refractivity contribution in [2.24, 2.45) is 0 Å². The molecular formula is C17H19NO2S. The van der Waals surface area contributed by atoms with Crippen LogP contribution in [-0.4, -0.2) is 11.1 Å². The van der Waals surface area contributed by atoms with E-state index in [0.29, 0.717) is 0 Å². The number of carboxylic acid groups (broad SMARTS) is 1. The highest BCUT2D eigenvalue weighted by molar-refractivity contribution is 7.10. The molecule has 2 unspecified atom stereocenters. The van der Waals surface area contributed by atoms with Gasteiger partial charge in [0.1, 0.15) is 0 Å². The first-order valence-electron chi connectivity index (χ1n) is 7.33. The first-order valence-corrected chi connectivity index (χ1v) is 8.21. The summed E-state index contributed by atoms with van der Waals surface area (Å²) >= 11 is 1.62. The second-order valence-electron chi connectivity index (χ2n) is 5.48. The lowest BCUT2D eigenvalue weighted by molar-refractivity contribution is -0.137. The van der Waals surface area contributed by atoms with Crippen LogP contribution in [0.2, 0.25) is 0 Å². The predicted octanol–water partition coefficient (Wildman–Crippen LogP) is 3.93. The van der Waals surface area contributed by atoms with Gasteiger partial charge in [-0.05, 0) is 41.8 Å². The lowest BCUT2D eigenvalue weighted by atomic mass is 9.87. The fourth-order valence-electron chi connectivity index (χ4n) is 3.08. The van der Waals surface area contributed by atoms with E-state index in [2.05, 4.69) is 29.6 Å². The Morgan fingerprint density at radius 3 is 2.95 bits per heavy atom. The molecule has 1 aliphatic carbocycles. The summed E-state index contributed by atoms with van der Waals surface area (Å²) in [6.07, 6.45) is 3.47. The van der Waals surface area contributed by atoms with Crippen molar-refractivity contribution < 1.29 is 9.90 Å². The summed E-state index contributed by atoms with van der Waals surface area (Å²) in [5.74, 6) is -0.759. The van der Waals surface area contributed by atoms with Gasteiger partial charge in [-0.3, -0.25) is 4.79 Å². The molecule has 110 valence electrons. The van der Waals surface area contributed by atoms with Gasteiger partial charge in [0.05, 0.1) is 12.5 Å². The topological polar surface area (TPSA) is 49.3 Å². The maximum absolute atomic E-state index is 11.2. The Labute approximate surface area is 128 Å². The van der Waals surface area contributed by atoms with Crippen LogP contribution in [0.15, 0.2) is 41.8 Å². The molecule has 0 saturated carbocycles. The van der Waals surface area contributed by atoms with Gasteiger partial charge in [0.2, 0.25) is 0 Å². The zero-order chi connectivity index (χ0) is 14.7. The number of hydrogen-bond donors (Lipinski definition) is 2. The van der Waals surface area contributed by atoms with E-state index in [-0.39, 0.29) is 18.5 Å². The van der Waals surface area contributed by atoms with Crippen LogP contribution < -0.4 is 5.32 Å². The van der Waals surface area contributed by atoms with Crippen LogP contribution in [0.4, 0.5) is 0 Å². The molecule has 0 aliphatic heterocycles. The average Bonchev–Trinajstić information content (AvgIpc) is 3.01. The number of benzene rings is 1. The summed E-state index contributed by atoms with van der Waals surface area (Å²) in [5.41, 5.74) is 2.72. The molecular weight excluding hydrogens is 282 g/mol. The highest BCUT2D eigenvalue weighted by Gasteiger charge is 2.25. The quantitative estimate of drug-likeness (QED) is 0.879. The molecule has 1 aliphatic rings.